The number of aryl methyl sites for hydroxylation is 2. The molecular weight excluding hydrogens is 400 g/mol. The lowest BCUT2D eigenvalue weighted by molar-refractivity contribution is 0.589. The van der Waals surface area contributed by atoms with Gasteiger partial charge in [0, 0.05) is 16.7 Å². The number of unbranched alkanes of at least 4 members (excludes halogenated alkanes) is 6. The van der Waals surface area contributed by atoms with Gasteiger partial charge >= 0.3 is 0 Å². The van der Waals surface area contributed by atoms with E-state index < -0.39 is 0 Å². The Kier molecular flexibility index (Phi) is 8.14. The number of imidazole rings is 1. The molecular formula is C31H36N2. The molecule has 0 saturated heterocycles. The highest BCUT2D eigenvalue weighted by Crippen LogP contribution is 2.34. The molecule has 0 saturated carbocycles. The monoisotopic (exact) mass is 436 g/mol. The van der Waals surface area contributed by atoms with Crippen LogP contribution in [0.15, 0.2) is 78.9 Å². The van der Waals surface area contributed by atoms with E-state index in [1.165, 1.54) is 61.6 Å². The van der Waals surface area contributed by atoms with E-state index in [4.69, 9.17) is 4.98 Å². The topological polar surface area (TPSA) is 28.7 Å². The van der Waals surface area contributed by atoms with Crippen LogP contribution in [-0.2, 0) is 6.42 Å². The maximum absolute atomic E-state index is 5.14. The highest BCUT2D eigenvalue weighted by molar-refractivity contribution is 5.81. The van der Waals surface area contributed by atoms with Gasteiger partial charge in [-0.1, -0.05) is 130 Å². The molecule has 0 radical (unpaired) electrons. The first kappa shape index (κ1) is 23.0. The second kappa shape index (κ2) is 11.7. The molecule has 1 aromatic heterocycles. The standard InChI is InChI=1S/C31H36N2/c1-3-4-5-6-7-8-11-20-27-23-24(2)21-22-28(27)31-32-29(25-16-12-9-13-17-25)30(33-31)26-18-14-10-15-19-26/h9-10,12-19,21-23H,3-8,11,20H2,1-2H3,(H,32,33). The predicted octanol–water partition coefficient (Wildman–Crippen LogP) is 9.01. The van der Waals surface area contributed by atoms with Gasteiger partial charge in [0.1, 0.15) is 5.82 Å². The van der Waals surface area contributed by atoms with E-state index in [1.54, 1.807) is 0 Å². The fourth-order valence-electron chi connectivity index (χ4n) is 4.55. The highest BCUT2D eigenvalue weighted by Gasteiger charge is 2.17. The molecule has 4 rings (SSSR count). The SMILES string of the molecule is CCCCCCCCCc1cc(C)ccc1-c1nc(-c2ccccc2)c(-c2ccccc2)[nH]1. The van der Waals surface area contributed by atoms with Gasteiger partial charge in [0.25, 0.3) is 0 Å². The van der Waals surface area contributed by atoms with Crippen molar-refractivity contribution in [1.29, 1.82) is 0 Å². The maximum Gasteiger partial charge on any atom is 0.138 e. The minimum atomic E-state index is 0.964. The molecule has 0 aliphatic carbocycles. The number of rotatable bonds is 11. The smallest absolute Gasteiger partial charge is 0.138 e. The van der Waals surface area contributed by atoms with Gasteiger partial charge in [-0.05, 0) is 25.3 Å². The fraction of sp³-hybridized carbons (Fsp3) is 0.323. The van der Waals surface area contributed by atoms with E-state index >= 15 is 0 Å². The zero-order chi connectivity index (χ0) is 22.9. The normalized spacial score (nSPS) is 11.1. The second-order valence-electron chi connectivity index (χ2n) is 9.07. The molecule has 0 spiro atoms. The van der Waals surface area contributed by atoms with Crippen LogP contribution in [0.25, 0.3) is 33.9 Å². The molecule has 33 heavy (non-hydrogen) atoms. The summed E-state index contributed by atoms with van der Waals surface area (Å²) in [6.45, 7) is 4.46. The molecule has 0 fully saturated rings. The maximum atomic E-state index is 5.14. The average Bonchev–Trinajstić information content (AvgIpc) is 3.30. The minimum Gasteiger partial charge on any atom is -0.337 e. The minimum absolute atomic E-state index is 0.964. The first-order valence-electron chi connectivity index (χ1n) is 12.6. The van der Waals surface area contributed by atoms with E-state index in [-0.39, 0.29) is 0 Å². The number of hydrogen-bond donors (Lipinski definition) is 1. The van der Waals surface area contributed by atoms with Crippen molar-refractivity contribution in [1.82, 2.24) is 9.97 Å². The number of nitrogens with zero attached hydrogens (tertiary/aromatic N) is 1. The van der Waals surface area contributed by atoms with Crippen LogP contribution in [0, 0.1) is 6.92 Å². The van der Waals surface area contributed by atoms with Crippen molar-refractivity contribution in [3.63, 3.8) is 0 Å². The summed E-state index contributed by atoms with van der Waals surface area (Å²) >= 11 is 0. The molecule has 4 aromatic rings. The van der Waals surface area contributed by atoms with Crippen LogP contribution >= 0.6 is 0 Å². The second-order valence-corrected chi connectivity index (χ2v) is 9.07. The van der Waals surface area contributed by atoms with Gasteiger partial charge in [0.15, 0.2) is 0 Å². The van der Waals surface area contributed by atoms with Crippen LogP contribution in [0.2, 0.25) is 0 Å². The van der Waals surface area contributed by atoms with E-state index in [9.17, 15) is 0 Å². The summed E-state index contributed by atoms with van der Waals surface area (Å²) in [5, 5.41) is 0. The van der Waals surface area contributed by atoms with Gasteiger partial charge in [0.05, 0.1) is 11.4 Å². The Labute approximate surface area is 199 Å². The predicted molar refractivity (Wildman–Crippen MR) is 141 cm³/mol. The number of nitrogens with one attached hydrogen (secondary N) is 1. The lowest BCUT2D eigenvalue weighted by Gasteiger charge is -2.09. The molecule has 0 unspecified atom stereocenters. The quantitative estimate of drug-likeness (QED) is 0.233. The highest BCUT2D eigenvalue weighted by atomic mass is 14.9. The van der Waals surface area contributed by atoms with Crippen molar-refractivity contribution in [2.24, 2.45) is 0 Å². The van der Waals surface area contributed by atoms with Crippen molar-refractivity contribution in [2.75, 3.05) is 0 Å². The van der Waals surface area contributed by atoms with Crippen molar-refractivity contribution in [2.45, 2.75) is 65.2 Å². The Morgan fingerprint density at radius 1 is 0.697 bits per heavy atom. The van der Waals surface area contributed by atoms with Crippen molar-refractivity contribution in [3.8, 4) is 33.9 Å². The molecule has 0 bridgehead atoms. The van der Waals surface area contributed by atoms with Crippen LogP contribution < -0.4 is 0 Å². The molecule has 1 N–H and O–H groups in total. The van der Waals surface area contributed by atoms with Crippen LogP contribution in [0.1, 0.15) is 63.0 Å². The van der Waals surface area contributed by atoms with E-state index in [0.717, 1.165) is 34.8 Å². The Bertz CT molecular complexity index is 1070. The van der Waals surface area contributed by atoms with Gasteiger partial charge in [-0.2, -0.15) is 0 Å². The largest absolute Gasteiger partial charge is 0.337 e. The molecule has 0 aliphatic heterocycles. The summed E-state index contributed by atoms with van der Waals surface area (Å²) in [7, 11) is 0. The fourth-order valence-corrected chi connectivity index (χ4v) is 4.55. The zero-order valence-corrected chi connectivity index (χ0v) is 20.1. The third-order valence-corrected chi connectivity index (χ3v) is 6.38. The number of aromatic nitrogens is 2. The lowest BCUT2D eigenvalue weighted by atomic mass is 9.98. The summed E-state index contributed by atoms with van der Waals surface area (Å²) in [5.41, 5.74) is 8.34. The summed E-state index contributed by atoms with van der Waals surface area (Å²) in [4.78, 5) is 8.83. The van der Waals surface area contributed by atoms with E-state index in [0.29, 0.717) is 0 Å². The molecule has 0 amide bonds. The zero-order valence-electron chi connectivity index (χ0n) is 20.1. The summed E-state index contributed by atoms with van der Waals surface area (Å²) in [6.07, 6.45) is 10.4. The van der Waals surface area contributed by atoms with Gasteiger partial charge < -0.3 is 4.98 Å². The first-order valence-corrected chi connectivity index (χ1v) is 12.6. The number of hydrogen-bond acceptors (Lipinski definition) is 1. The molecule has 2 nitrogen and oxygen atoms in total. The summed E-state index contributed by atoms with van der Waals surface area (Å²) in [6, 6.07) is 27.8. The molecule has 0 atom stereocenters. The van der Waals surface area contributed by atoms with Crippen molar-refractivity contribution >= 4 is 0 Å². The first-order chi connectivity index (χ1) is 16.3. The number of aromatic amines is 1. The molecule has 170 valence electrons. The summed E-state index contributed by atoms with van der Waals surface area (Å²) < 4.78 is 0. The molecule has 1 heterocycles. The Balaban J connectivity index is 1.62. The van der Waals surface area contributed by atoms with Crippen molar-refractivity contribution in [3.05, 3.63) is 90.0 Å². The van der Waals surface area contributed by atoms with E-state index in [2.05, 4.69) is 97.7 Å². The van der Waals surface area contributed by atoms with Crippen LogP contribution in [0.4, 0.5) is 0 Å². The van der Waals surface area contributed by atoms with E-state index in [1.807, 2.05) is 0 Å². The van der Waals surface area contributed by atoms with Gasteiger partial charge in [-0.3, -0.25) is 0 Å². The number of H-pyrrole nitrogens is 1. The Hall–Kier alpha value is -3.13. The third kappa shape index (κ3) is 6.01. The van der Waals surface area contributed by atoms with Crippen LogP contribution in [0.5, 0.6) is 0 Å². The van der Waals surface area contributed by atoms with Crippen LogP contribution in [0.3, 0.4) is 0 Å². The van der Waals surface area contributed by atoms with Crippen molar-refractivity contribution < 1.29 is 0 Å². The Morgan fingerprint density at radius 2 is 1.33 bits per heavy atom. The van der Waals surface area contributed by atoms with Gasteiger partial charge in [0.2, 0.25) is 0 Å². The molecule has 3 aromatic carbocycles. The van der Waals surface area contributed by atoms with Crippen LogP contribution in [-0.4, -0.2) is 9.97 Å². The molecule has 2 heteroatoms. The Morgan fingerprint density at radius 3 is 2.03 bits per heavy atom. The molecule has 0 aliphatic rings. The third-order valence-electron chi connectivity index (χ3n) is 6.38. The lowest BCUT2D eigenvalue weighted by Crippen LogP contribution is -1.94. The average molecular weight is 437 g/mol. The summed E-state index contributed by atoms with van der Waals surface area (Å²) in [5.74, 6) is 0.964. The number of benzene rings is 3. The van der Waals surface area contributed by atoms with Gasteiger partial charge in [-0.25, -0.2) is 4.98 Å². The van der Waals surface area contributed by atoms with Gasteiger partial charge in [-0.15, -0.1) is 0 Å².